The fraction of sp³-hybridized carbons (Fsp3) is 0.440. The van der Waals surface area contributed by atoms with Crippen molar-refractivity contribution in [2.75, 3.05) is 17.1 Å². The van der Waals surface area contributed by atoms with E-state index in [1.807, 2.05) is 58.9 Å². The Morgan fingerprint density at radius 1 is 1.09 bits per heavy atom. The van der Waals surface area contributed by atoms with Crippen LogP contribution in [0.2, 0.25) is 10.0 Å². The van der Waals surface area contributed by atoms with Crippen LogP contribution in [0.1, 0.15) is 45.2 Å². The number of anilines is 1. The van der Waals surface area contributed by atoms with E-state index in [4.69, 9.17) is 23.2 Å². The second-order valence-corrected chi connectivity index (χ2v) is 12.2. The lowest BCUT2D eigenvalue weighted by Gasteiger charge is -2.34. The van der Waals surface area contributed by atoms with Gasteiger partial charge in [0.1, 0.15) is 12.6 Å². The van der Waals surface area contributed by atoms with Crippen molar-refractivity contribution in [3.05, 3.63) is 63.6 Å². The predicted molar refractivity (Wildman–Crippen MR) is 142 cm³/mol. The quantitative estimate of drug-likeness (QED) is 0.494. The average molecular weight is 543 g/mol. The highest BCUT2D eigenvalue weighted by Crippen LogP contribution is 2.33. The predicted octanol–water partition coefficient (Wildman–Crippen LogP) is 4.79. The van der Waals surface area contributed by atoms with Crippen molar-refractivity contribution in [3.8, 4) is 0 Å². The average Bonchev–Trinajstić information content (AvgIpc) is 2.72. The van der Waals surface area contributed by atoms with Crippen molar-refractivity contribution in [1.82, 2.24) is 10.2 Å². The molecule has 0 aliphatic heterocycles. The number of nitrogens with one attached hydrogen (secondary N) is 1. The highest BCUT2D eigenvalue weighted by molar-refractivity contribution is 7.92. The highest BCUT2D eigenvalue weighted by Gasteiger charge is 2.33. The molecule has 1 N–H and O–H groups in total. The molecular weight excluding hydrogens is 509 g/mol. The largest absolute Gasteiger partial charge is 0.350 e. The summed E-state index contributed by atoms with van der Waals surface area (Å²) in [4.78, 5) is 28.3. The summed E-state index contributed by atoms with van der Waals surface area (Å²) in [6, 6.07) is 11.4. The van der Waals surface area contributed by atoms with Crippen molar-refractivity contribution < 1.29 is 18.0 Å². The minimum absolute atomic E-state index is 0.0233. The molecule has 0 aliphatic carbocycles. The Labute approximate surface area is 218 Å². The normalized spacial score (nSPS) is 12.7. The first kappa shape index (κ1) is 28.9. The first-order valence-electron chi connectivity index (χ1n) is 11.2. The summed E-state index contributed by atoms with van der Waals surface area (Å²) in [5, 5.41) is 3.12. The zero-order chi connectivity index (χ0) is 26.6. The van der Waals surface area contributed by atoms with Crippen molar-refractivity contribution in [1.29, 1.82) is 0 Å². The van der Waals surface area contributed by atoms with Gasteiger partial charge in [-0.05, 0) is 51.8 Å². The zero-order valence-corrected chi connectivity index (χ0v) is 23.3. The molecule has 0 saturated carbocycles. The van der Waals surface area contributed by atoms with E-state index in [0.29, 0.717) is 6.42 Å². The first-order chi connectivity index (χ1) is 16.1. The molecule has 1 atom stereocenters. The minimum Gasteiger partial charge on any atom is -0.350 e. The lowest BCUT2D eigenvalue weighted by molar-refractivity contribution is -0.141. The zero-order valence-electron chi connectivity index (χ0n) is 20.9. The maximum absolute atomic E-state index is 13.7. The maximum Gasteiger partial charge on any atom is 0.244 e. The molecule has 0 heterocycles. The lowest BCUT2D eigenvalue weighted by Crippen LogP contribution is -2.55. The number of hydrogen-bond acceptors (Lipinski definition) is 4. The van der Waals surface area contributed by atoms with Crippen LogP contribution in [-0.2, 0) is 26.2 Å². The molecule has 0 bridgehead atoms. The Balaban J connectivity index is 2.51. The van der Waals surface area contributed by atoms with Gasteiger partial charge in [-0.25, -0.2) is 8.42 Å². The molecule has 7 nitrogen and oxygen atoms in total. The van der Waals surface area contributed by atoms with Crippen LogP contribution >= 0.6 is 23.2 Å². The van der Waals surface area contributed by atoms with E-state index in [9.17, 15) is 18.0 Å². The number of sulfonamides is 1. The molecule has 35 heavy (non-hydrogen) atoms. The number of halogens is 2. The van der Waals surface area contributed by atoms with Gasteiger partial charge >= 0.3 is 0 Å². The van der Waals surface area contributed by atoms with Crippen molar-refractivity contribution >= 4 is 50.7 Å². The van der Waals surface area contributed by atoms with E-state index in [-0.39, 0.29) is 28.2 Å². The lowest BCUT2D eigenvalue weighted by atomic mass is 10.0. The standard InChI is InChI=1S/C25H33Cl2N3O4S/c1-7-20(24(32)28-25(3,4)5)29(15-18-11-8-10-17(2)14-18)22(31)16-30(35(6,33)34)21-13-9-12-19(26)23(21)27/h8-14,20H,7,15-16H2,1-6H3,(H,28,32)/t20-/m0/s1. The molecule has 0 radical (unpaired) electrons. The van der Waals surface area contributed by atoms with Crippen molar-refractivity contribution in [3.63, 3.8) is 0 Å². The molecule has 0 spiro atoms. The number of benzene rings is 2. The fourth-order valence-corrected chi connectivity index (χ4v) is 4.96. The summed E-state index contributed by atoms with van der Waals surface area (Å²) in [6.07, 6.45) is 1.34. The second-order valence-electron chi connectivity index (χ2n) is 9.52. The van der Waals surface area contributed by atoms with Crippen LogP contribution in [0, 0.1) is 6.92 Å². The summed E-state index contributed by atoms with van der Waals surface area (Å²) in [6.45, 7) is 8.92. The number of carbonyl (C=O) groups excluding carboxylic acids is 2. The molecule has 2 rings (SSSR count). The van der Waals surface area contributed by atoms with Crippen LogP contribution in [0.5, 0.6) is 0 Å². The van der Waals surface area contributed by atoms with Gasteiger partial charge in [-0.1, -0.05) is 66.0 Å². The smallest absolute Gasteiger partial charge is 0.244 e. The van der Waals surface area contributed by atoms with Gasteiger partial charge in [0.05, 0.1) is 22.0 Å². The van der Waals surface area contributed by atoms with Gasteiger partial charge < -0.3 is 10.2 Å². The van der Waals surface area contributed by atoms with Gasteiger partial charge in [0.15, 0.2) is 0 Å². The summed E-state index contributed by atoms with van der Waals surface area (Å²) in [5.41, 5.74) is 1.42. The van der Waals surface area contributed by atoms with Gasteiger partial charge in [0.25, 0.3) is 0 Å². The fourth-order valence-electron chi connectivity index (χ4n) is 3.66. The van der Waals surface area contributed by atoms with Gasteiger partial charge in [-0.3, -0.25) is 13.9 Å². The summed E-state index contributed by atoms with van der Waals surface area (Å²) in [5.74, 6) is -0.850. The molecule has 2 aromatic rings. The third-order valence-electron chi connectivity index (χ3n) is 5.20. The third kappa shape index (κ3) is 8.12. The Morgan fingerprint density at radius 2 is 1.71 bits per heavy atom. The first-order valence-corrected chi connectivity index (χ1v) is 13.8. The number of amides is 2. The van der Waals surface area contributed by atoms with E-state index in [2.05, 4.69) is 5.32 Å². The van der Waals surface area contributed by atoms with E-state index < -0.39 is 34.1 Å². The molecule has 0 saturated heterocycles. The molecule has 2 amide bonds. The molecular formula is C25H33Cl2N3O4S. The van der Waals surface area contributed by atoms with E-state index in [1.54, 1.807) is 6.07 Å². The van der Waals surface area contributed by atoms with Crippen LogP contribution in [0.25, 0.3) is 0 Å². The summed E-state index contributed by atoms with van der Waals surface area (Å²) < 4.78 is 26.3. The highest BCUT2D eigenvalue weighted by atomic mass is 35.5. The van der Waals surface area contributed by atoms with E-state index in [1.165, 1.54) is 17.0 Å². The Kier molecular flexibility index (Phi) is 9.62. The van der Waals surface area contributed by atoms with Gasteiger partial charge in [-0.2, -0.15) is 0 Å². The van der Waals surface area contributed by atoms with E-state index in [0.717, 1.165) is 21.7 Å². The van der Waals surface area contributed by atoms with Crippen LogP contribution in [0.3, 0.4) is 0 Å². The molecule has 0 aliphatic rings. The van der Waals surface area contributed by atoms with Crippen LogP contribution in [0.4, 0.5) is 5.69 Å². The Morgan fingerprint density at radius 3 is 2.26 bits per heavy atom. The van der Waals surface area contributed by atoms with Gasteiger partial charge in [-0.15, -0.1) is 0 Å². The van der Waals surface area contributed by atoms with Crippen molar-refractivity contribution in [2.24, 2.45) is 0 Å². The molecule has 0 fully saturated rings. The minimum atomic E-state index is -3.90. The third-order valence-corrected chi connectivity index (χ3v) is 7.13. The van der Waals surface area contributed by atoms with Crippen LogP contribution < -0.4 is 9.62 Å². The maximum atomic E-state index is 13.7. The topological polar surface area (TPSA) is 86.8 Å². The number of carbonyl (C=O) groups is 2. The SMILES string of the molecule is CC[C@@H](C(=O)NC(C)(C)C)N(Cc1cccc(C)c1)C(=O)CN(c1cccc(Cl)c1Cl)S(C)(=O)=O. The number of nitrogens with zero attached hydrogens (tertiary/aromatic N) is 2. The Hall–Kier alpha value is -2.29. The van der Waals surface area contributed by atoms with E-state index >= 15 is 0 Å². The second kappa shape index (κ2) is 11.6. The Bertz CT molecular complexity index is 1180. The monoisotopic (exact) mass is 541 g/mol. The van der Waals surface area contributed by atoms with Gasteiger partial charge in [0, 0.05) is 12.1 Å². The molecule has 0 aromatic heterocycles. The number of rotatable bonds is 9. The van der Waals surface area contributed by atoms with Crippen molar-refractivity contribution in [2.45, 2.75) is 59.2 Å². The van der Waals surface area contributed by atoms with Gasteiger partial charge in [0.2, 0.25) is 21.8 Å². The number of aryl methyl sites for hydroxylation is 1. The molecule has 192 valence electrons. The molecule has 0 unspecified atom stereocenters. The number of hydrogen-bond donors (Lipinski definition) is 1. The van der Waals surface area contributed by atoms with Crippen LogP contribution in [0.15, 0.2) is 42.5 Å². The molecule has 2 aromatic carbocycles. The summed E-state index contributed by atoms with van der Waals surface area (Å²) >= 11 is 12.4. The van der Waals surface area contributed by atoms with Crippen LogP contribution in [-0.4, -0.2) is 49.5 Å². The summed E-state index contributed by atoms with van der Waals surface area (Å²) in [7, 11) is -3.90. The molecule has 10 heteroatoms.